The molecule has 1 aliphatic heterocycles. The second-order valence-electron chi connectivity index (χ2n) is 14.3. The van der Waals surface area contributed by atoms with E-state index in [1.165, 1.54) is 48.1 Å². The SMILES string of the molecule is c1ccc([Si](c2ccccc2)(c2cccc(-c3ccc4c(c3)nc3n4-c4ccccc4OC3)c2)c2cccc(-n3c4ccccc4c4ccccc43)c2)cc1. The predicted molar refractivity (Wildman–Crippen MR) is 229 cm³/mol. The molecule has 8 aromatic carbocycles. The van der Waals surface area contributed by atoms with E-state index in [2.05, 4.69) is 197 Å². The third kappa shape index (κ3) is 4.87. The van der Waals surface area contributed by atoms with Gasteiger partial charge in [-0.05, 0) is 80.4 Å². The highest BCUT2D eigenvalue weighted by Gasteiger charge is 2.42. The van der Waals surface area contributed by atoms with Gasteiger partial charge in [-0.3, -0.25) is 4.57 Å². The summed E-state index contributed by atoms with van der Waals surface area (Å²) in [7, 11) is -2.89. The second kappa shape index (κ2) is 12.6. The molecule has 1 aliphatic rings. The molecule has 5 heteroatoms. The topological polar surface area (TPSA) is 32.0 Å². The molecule has 0 aliphatic carbocycles. The minimum atomic E-state index is -2.89. The number of benzene rings is 8. The Morgan fingerprint density at radius 3 is 1.75 bits per heavy atom. The first-order chi connectivity index (χ1) is 27.3. The number of hydrogen-bond acceptors (Lipinski definition) is 2. The molecule has 0 N–H and O–H groups in total. The molecule has 0 fully saturated rings. The van der Waals surface area contributed by atoms with Crippen molar-refractivity contribution in [3.8, 4) is 28.3 Å². The molecule has 0 saturated heterocycles. The second-order valence-corrected chi connectivity index (χ2v) is 18.1. The summed E-state index contributed by atoms with van der Waals surface area (Å²) in [5, 5.41) is 7.86. The van der Waals surface area contributed by atoms with E-state index in [1.54, 1.807) is 0 Å². The van der Waals surface area contributed by atoms with Gasteiger partial charge < -0.3 is 9.30 Å². The lowest BCUT2D eigenvalue weighted by atomic mass is 10.1. The Kier molecular flexibility index (Phi) is 7.22. The minimum Gasteiger partial charge on any atom is -0.483 e. The summed E-state index contributed by atoms with van der Waals surface area (Å²) in [5.41, 5.74) is 8.98. The number of fused-ring (bicyclic) bond motifs is 8. The monoisotopic (exact) mass is 721 g/mol. The fourth-order valence-electron chi connectivity index (χ4n) is 8.97. The molecule has 0 saturated carbocycles. The van der Waals surface area contributed by atoms with Gasteiger partial charge in [0.1, 0.15) is 12.4 Å². The Balaban J connectivity index is 1.13. The summed E-state index contributed by atoms with van der Waals surface area (Å²) in [5.74, 6) is 1.80. The Morgan fingerprint density at radius 2 is 1.02 bits per heavy atom. The van der Waals surface area contributed by atoms with Gasteiger partial charge >= 0.3 is 0 Å². The average molecular weight is 722 g/mol. The molecule has 0 spiro atoms. The van der Waals surface area contributed by atoms with Gasteiger partial charge in [-0.1, -0.05) is 152 Å². The lowest BCUT2D eigenvalue weighted by molar-refractivity contribution is 0.280. The van der Waals surface area contributed by atoms with Gasteiger partial charge in [0.2, 0.25) is 0 Å². The highest BCUT2D eigenvalue weighted by Crippen LogP contribution is 2.35. The number of rotatable bonds is 6. The first-order valence-electron chi connectivity index (χ1n) is 18.8. The molecule has 4 nitrogen and oxygen atoms in total. The van der Waals surface area contributed by atoms with Gasteiger partial charge in [0.05, 0.1) is 27.8 Å². The van der Waals surface area contributed by atoms with E-state index in [1.807, 2.05) is 12.1 Å². The zero-order chi connectivity index (χ0) is 36.3. The first kappa shape index (κ1) is 31.6. The van der Waals surface area contributed by atoms with Crippen molar-refractivity contribution in [3.63, 3.8) is 0 Å². The number of para-hydroxylation sites is 4. The maximum atomic E-state index is 6.07. The molecule has 10 aromatic rings. The summed E-state index contributed by atoms with van der Waals surface area (Å²) in [4.78, 5) is 5.07. The van der Waals surface area contributed by atoms with Crippen LogP contribution in [0.3, 0.4) is 0 Å². The van der Waals surface area contributed by atoms with Crippen LogP contribution in [0.15, 0.2) is 200 Å². The van der Waals surface area contributed by atoms with Crippen molar-refractivity contribution in [2.45, 2.75) is 6.61 Å². The maximum absolute atomic E-state index is 6.07. The molecule has 2 aromatic heterocycles. The Hall–Kier alpha value is -6.95. The van der Waals surface area contributed by atoms with Crippen molar-refractivity contribution >= 4 is 61.7 Å². The molecule has 260 valence electrons. The van der Waals surface area contributed by atoms with Crippen molar-refractivity contribution in [3.05, 3.63) is 206 Å². The maximum Gasteiger partial charge on any atom is 0.179 e. The summed E-state index contributed by atoms with van der Waals surface area (Å²) < 4.78 is 10.7. The van der Waals surface area contributed by atoms with E-state index in [-0.39, 0.29) is 0 Å². The molecule has 55 heavy (non-hydrogen) atoms. The number of aromatic nitrogens is 3. The van der Waals surface area contributed by atoms with E-state index in [0.29, 0.717) is 6.61 Å². The van der Waals surface area contributed by atoms with Gasteiger partial charge in [-0.2, -0.15) is 0 Å². The van der Waals surface area contributed by atoms with Crippen molar-refractivity contribution in [2.24, 2.45) is 0 Å². The summed E-state index contributed by atoms with van der Waals surface area (Å²) >= 11 is 0. The van der Waals surface area contributed by atoms with Crippen molar-refractivity contribution < 1.29 is 4.74 Å². The average Bonchev–Trinajstić information content (AvgIpc) is 3.81. The van der Waals surface area contributed by atoms with Crippen LogP contribution in [0.2, 0.25) is 0 Å². The van der Waals surface area contributed by atoms with E-state index in [9.17, 15) is 0 Å². The van der Waals surface area contributed by atoms with Crippen molar-refractivity contribution in [1.82, 2.24) is 14.1 Å². The van der Waals surface area contributed by atoms with Crippen LogP contribution < -0.4 is 25.5 Å². The van der Waals surface area contributed by atoms with Crippen LogP contribution in [0.25, 0.3) is 55.3 Å². The molecule has 0 bridgehead atoms. The molecular weight excluding hydrogens is 687 g/mol. The quantitative estimate of drug-likeness (QED) is 0.127. The standard InChI is InChI=1S/C50H35N3OSi/c1-3-17-38(18-4-1)55(39-19-5-2-6-20-39,41-22-14-16-37(33-41)52-45-25-9-7-23-42(45)43-24-8-10-26-46(43)52)40-21-13-15-35(31-40)36-29-30-47-44(32-36)51-50-34-54-49-28-12-11-27-48(49)53(47)50/h1-33H,34H2. The smallest absolute Gasteiger partial charge is 0.179 e. The van der Waals surface area contributed by atoms with E-state index < -0.39 is 8.07 Å². The van der Waals surface area contributed by atoms with Crippen LogP contribution >= 0.6 is 0 Å². The number of hydrogen-bond donors (Lipinski definition) is 0. The predicted octanol–water partition coefficient (Wildman–Crippen LogP) is 9.06. The largest absolute Gasteiger partial charge is 0.483 e. The molecule has 0 amide bonds. The third-order valence-electron chi connectivity index (χ3n) is 11.3. The Morgan fingerprint density at radius 1 is 0.436 bits per heavy atom. The molecular formula is C50H35N3OSi. The van der Waals surface area contributed by atoms with Crippen LogP contribution in [0.4, 0.5) is 0 Å². The van der Waals surface area contributed by atoms with E-state index >= 15 is 0 Å². The van der Waals surface area contributed by atoms with Gasteiger partial charge in [0, 0.05) is 16.5 Å². The lowest BCUT2D eigenvalue weighted by Gasteiger charge is -2.35. The highest BCUT2D eigenvalue weighted by atomic mass is 28.3. The zero-order valence-corrected chi connectivity index (χ0v) is 31.0. The molecule has 0 unspecified atom stereocenters. The highest BCUT2D eigenvalue weighted by molar-refractivity contribution is 7.20. The van der Waals surface area contributed by atoms with Gasteiger partial charge in [-0.25, -0.2) is 4.98 Å². The van der Waals surface area contributed by atoms with Crippen molar-refractivity contribution in [2.75, 3.05) is 0 Å². The Bertz CT molecular complexity index is 2960. The van der Waals surface area contributed by atoms with Crippen LogP contribution in [0.1, 0.15) is 5.82 Å². The summed E-state index contributed by atoms with van der Waals surface area (Å²) in [6.45, 7) is 0.451. The number of imidazole rings is 1. The fourth-order valence-corrected chi connectivity index (χ4v) is 13.8. The molecule has 3 heterocycles. The van der Waals surface area contributed by atoms with Crippen LogP contribution in [-0.2, 0) is 6.61 Å². The van der Waals surface area contributed by atoms with E-state index in [0.717, 1.165) is 39.5 Å². The van der Waals surface area contributed by atoms with Gasteiger partial charge in [-0.15, -0.1) is 0 Å². The minimum absolute atomic E-state index is 0.451. The third-order valence-corrected chi connectivity index (χ3v) is 16.1. The normalized spacial score (nSPS) is 12.4. The van der Waals surface area contributed by atoms with Crippen LogP contribution in [0, 0.1) is 0 Å². The number of nitrogens with zero attached hydrogens (tertiary/aromatic N) is 3. The van der Waals surface area contributed by atoms with Gasteiger partial charge in [0.25, 0.3) is 0 Å². The fraction of sp³-hybridized carbons (Fsp3) is 0.0200. The van der Waals surface area contributed by atoms with Gasteiger partial charge in [0.15, 0.2) is 13.9 Å². The summed E-state index contributed by atoms with van der Waals surface area (Å²) in [6.07, 6.45) is 0. The molecule has 0 radical (unpaired) electrons. The molecule has 11 rings (SSSR count). The first-order valence-corrected chi connectivity index (χ1v) is 20.8. The zero-order valence-electron chi connectivity index (χ0n) is 30.0. The lowest BCUT2D eigenvalue weighted by Crippen LogP contribution is -2.74. The van der Waals surface area contributed by atoms with Crippen LogP contribution in [0.5, 0.6) is 5.75 Å². The van der Waals surface area contributed by atoms with Crippen LogP contribution in [-0.4, -0.2) is 22.2 Å². The van der Waals surface area contributed by atoms with Crippen molar-refractivity contribution in [1.29, 1.82) is 0 Å². The summed E-state index contributed by atoms with van der Waals surface area (Å²) in [6, 6.07) is 73.3. The number of ether oxygens (including phenoxy) is 1. The Labute approximate surface area is 320 Å². The van der Waals surface area contributed by atoms with E-state index in [4.69, 9.17) is 9.72 Å². The molecule has 0 atom stereocenters.